The maximum absolute atomic E-state index is 9.06. The zero-order valence-electron chi connectivity index (χ0n) is 12.5. The maximum atomic E-state index is 9.06. The number of aliphatic imine (C=N–C) groups is 1. The van der Waals surface area contributed by atoms with Crippen LogP contribution in [0.15, 0.2) is 4.99 Å². The molecule has 0 amide bonds. The molecule has 1 aliphatic rings. The van der Waals surface area contributed by atoms with Crippen LogP contribution < -0.4 is 5.32 Å². The molecule has 0 aromatic heterocycles. The van der Waals surface area contributed by atoms with Crippen molar-refractivity contribution in [2.24, 2.45) is 10.9 Å². The lowest BCUT2D eigenvalue weighted by molar-refractivity contribution is 0.241. The van der Waals surface area contributed by atoms with E-state index < -0.39 is 0 Å². The largest absolute Gasteiger partial charge is 0.396 e. The monoisotopic (exact) mass is 401 g/mol. The van der Waals surface area contributed by atoms with Crippen molar-refractivity contribution in [2.75, 3.05) is 38.5 Å². The first-order chi connectivity index (χ1) is 8.48. The predicted molar refractivity (Wildman–Crippen MR) is 95.8 cm³/mol. The molecular weight excluding hydrogens is 373 g/mol. The van der Waals surface area contributed by atoms with E-state index >= 15 is 0 Å². The molecule has 1 rings (SSSR count). The Kier molecular flexibility index (Phi) is 9.43. The molecule has 0 saturated carbocycles. The van der Waals surface area contributed by atoms with Gasteiger partial charge in [0, 0.05) is 43.3 Å². The van der Waals surface area contributed by atoms with Crippen molar-refractivity contribution >= 4 is 41.7 Å². The smallest absolute Gasteiger partial charge is 0.193 e. The number of aliphatic hydroxyl groups excluding tert-OH is 1. The molecule has 0 radical (unpaired) electrons. The van der Waals surface area contributed by atoms with Gasteiger partial charge in [-0.2, -0.15) is 11.8 Å². The molecule has 1 atom stereocenters. The van der Waals surface area contributed by atoms with Gasteiger partial charge in [0.05, 0.1) is 0 Å². The Labute approximate surface area is 138 Å². The van der Waals surface area contributed by atoms with E-state index in [1.54, 1.807) is 0 Å². The van der Waals surface area contributed by atoms with E-state index in [0.29, 0.717) is 6.54 Å². The number of thioether (sulfide) groups is 1. The lowest BCUT2D eigenvalue weighted by Gasteiger charge is -2.39. The number of guanidine groups is 1. The highest BCUT2D eigenvalue weighted by Crippen LogP contribution is 2.29. The minimum absolute atomic E-state index is 0. The highest BCUT2D eigenvalue weighted by molar-refractivity contribution is 14.0. The summed E-state index contributed by atoms with van der Waals surface area (Å²) >= 11 is 2.02. The third kappa shape index (κ3) is 7.04. The van der Waals surface area contributed by atoms with Gasteiger partial charge in [-0.25, -0.2) is 0 Å². The van der Waals surface area contributed by atoms with Crippen LogP contribution in [0.4, 0.5) is 0 Å². The van der Waals surface area contributed by atoms with E-state index in [-0.39, 0.29) is 41.2 Å². The predicted octanol–water partition coefficient (Wildman–Crippen LogP) is 2.03. The standard InChI is InChI=1S/C13H27N3OS.HI/c1-5-14-12(15-8-11(2)9-17)16-6-7-18-13(3,4)10-16;/h11,17H,5-10H2,1-4H3,(H,14,15);1H. The lowest BCUT2D eigenvalue weighted by Crippen LogP contribution is -2.51. The number of hydrogen-bond acceptors (Lipinski definition) is 3. The number of nitrogens with zero attached hydrogens (tertiary/aromatic N) is 2. The van der Waals surface area contributed by atoms with Gasteiger partial charge in [-0.15, -0.1) is 24.0 Å². The van der Waals surface area contributed by atoms with Crippen molar-refractivity contribution < 1.29 is 5.11 Å². The van der Waals surface area contributed by atoms with Gasteiger partial charge < -0.3 is 15.3 Å². The fourth-order valence-corrected chi connectivity index (χ4v) is 3.03. The Morgan fingerprint density at radius 1 is 1.53 bits per heavy atom. The molecule has 4 nitrogen and oxygen atoms in total. The van der Waals surface area contributed by atoms with Gasteiger partial charge in [0.15, 0.2) is 5.96 Å². The van der Waals surface area contributed by atoms with Crippen molar-refractivity contribution in [1.29, 1.82) is 0 Å². The summed E-state index contributed by atoms with van der Waals surface area (Å²) in [4.78, 5) is 6.97. The van der Waals surface area contributed by atoms with Gasteiger partial charge in [-0.05, 0) is 26.7 Å². The Morgan fingerprint density at radius 2 is 2.21 bits per heavy atom. The molecule has 114 valence electrons. The van der Waals surface area contributed by atoms with Gasteiger partial charge in [-0.3, -0.25) is 4.99 Å². The molecule has 6 heteroatoms. The Morgan fingerprint density at radius 3 is 2.74 bits per heavy atom. The minimum Gasteiger partial charge on any atom is -0.396 e. The average Bonchev–Trinajstić information content (AvgIpc) is 2.32. The molecule has 0 spiro atoms. The van der Waals surface area contributed by atoms with Crippen molar-refractivity contribution in [2.45, 2.75) is 32.4 Å². The number of aliphatic hydroxyl groups is 1. The Hall–Kier alpha value is 0.310. The molecule has 0 bridgehead atoms. The molecule has 2 N–H and O–H groups in total. The molecule has 1 unspecified atom stereocenters. The van der Waals surface area contributed by atoms with Crippen LogP contribution >= 0.6 is 35.7 Å². The first-order valence-electron chi connectivity index (χ1n) is 6.76. The summed E-state index contributed by atoms with van der Waals surface area (Å²) in [7, 11) is 0. The van der Waals surface area contributed by atoms with Gasteiger partial charge in [-0.1, -0.05) is 6.92 Å². The van der Waals surface area contributed by atoms with E-state index in [1.807, 2.05) is 18.7 Å². The molecule has 0 aromatic carbocycles. The van der Waals surface area contributed by atoms with Gasteiger partial charge in [0.25, 0.3) is 0 Å². The van der Waals surface area contributed by atoms with E-state index in [2.05, 4.69) is 36.0 Å². The van der Waals surface area contributed by atoms with E-state index in [4.69, 9.17) is 5.11 Å². The lowest BCUT2D eigenvalue weighted by atomic mass is 10.2. The summed E-state index contributed by atoms with van der Waals surface area (Å²) in [5.41, 5.74) is 0. The highest BCUT2D eigenvalue weighted by Gasteiger charge is 2.28. The zero-order valence-corrected chi connectivity index (χ0v) is 15.6. The van der Waals surface area contributed by atoms with Crippen LogP contribution in [0.25, 0.3) is 0 Å². The topological polar surface area (TPSA) is 47.9 Å². The van der Waals surface area contributed by atoms with Crippen LogP contribution in [0.5, 0.6) is 0 Å². The SMILES string of the molecule is CCNC(=NCC(C)CO)N1CCSC(C)(C)C1.I. The van der Waals surface area contributed by atoms with Crippen LogP contribution in [-0.2, 0) is 0 Å². The van der Waals surface area contributed by atoms with E-state index in [9.17, 15) is 0 Å². The summed E-state index contributed by atoms with van der Waals surface area (Å²) < 4.78 is 0.289. The molecule has 19 heavy (non-hydrogen) atoms. The number of nitrogens with one attached hydrogen (secondary N) is 1. The van der Waals surface area contributed by atoms with Gasteiger partial charge in [0.2, 0.25) is 0 Å². The van der Waals surface area contributed by atoms with Crippen molar-refractivity contribution in [1.82, 2.24) is 10.2 Å². The first kappa shape index (κ1) is 19.3. The third-order valence-corrected chi connectivity index (χ3v) is 4.22. The average molecular weight is 401 g/mol. The van der Waals surface area contributed by atoms with Gasteiger partial charge in [0.1, 0.15) is 0 Å². The van der Waals surface area contributed by atoms with Crippen molar-refractivity contribution in [3.05, 3.63) is 0 Å². The van der Waals surface area contributed by atoms with Crippen LogP contribution in [0, 0.1) is 5.92 Å². The van der Waals surface area contributed by atoms with Crippen molar-refractivity contribution in [3.8, 4) is 0 Å². The number of hydrogen-bond donors (Lipinski definition) is 2. The molecule has 1 saturated heterocycles. The summed E-state index contributed by atoms with van der Waals surface area (Å²) in [5.74, 6) is 2.37. The Bertz CT molecular complexity index is 287. The normalized spacial score (nSPS) is 20.7. The molecule has 1 heterocycles. The summed E-state index contributed by atoms with van der Waals surface area (Å²) in [6.45, 7) is 12.5. The second-order valence-electron chi connectivity index (χ2n) is 5.51. The highest BCUT2D eigenvalue weighted by atomic mass is 127. The quantitative estimate of drug-likeness (QED) is 0.430. The second-order valence-corrected chi connectivity index (χ2v) is 7.31. The maximum Gasteiger partial charge on any atom is 0.193 e. The van der Waals surface area contributed by atoms with Crippen molar-refractivity contribution in [3.63, 3.8) is 0 Å². The van der Waals surface area contributed by atoms with E-state index in [0.717, 1.165) is 31.3 Å². The van der Waals surface area contributed by atoms with Crippen LogP contribution in [0.1, 0.15) is 27.7 Å². The second kappa shape index (κ2) is 9.28. The summed E-state index contributed by atoms with van der Waals surface area (Å²) in [6.07, 6.45) is 0. The van der Waals surface area contributed by atoms with Crippen LogP contribution in [0.2, 0.25) is 0 Å². The third-order valence-electron chi connectivity index (χ3n) is 2.92. The van der Waals surface area contributed by atoms with E-state index in [1.165, 1.54) is 0 Å². The number of halogens is 1. The fraction of sp³-hybridized carbons (Fsp3) is 0.923. The number of rotatable bonds is 4. The van der Waals surface area contributed by atoms with Crippen LogP contribution in [0.3, 0.4) is 0 Å². The molecule has 1 fully saturated rings. The molecule has 0 aliphatic carbocycles. The molecule has 0 aromatic rings. The minimum atomic E-state index is 0. The summed E-state index contributed by atoms with van der Waals surface area (Å²) in [5, 5.41) is 12.4. The molecule has 1 aliphatic heterocycles. The van der Waals surface area contributed by atoms with Gasteiger partial charge >= 0.3 is 0 Å². The van der Waals surface area contributed by atoms with Crippen LogP contribution in [-0.4, -0.2) is 59.3 Å². The fourth-order valence-electron chi connectivity index (χ4n) is 1.92. The first-order valence-corrected chi connectivity index (χ1v) is 7.75. The zero-order chi connectivity index (χ0) is 13.6. The molecular formula is C13H28IN3OS. The summed E-state index contributed by atoms with van der Waals surface area (Å²) in [6, 6.07) is 0. The Balaban J connectivity index is 0.00000324.